The molecule has 0 atom stereocenters. The lowest BCUT2D eigenvalue weighted by Gasteiger charge is -2.18. The van der Waals surface area contributed by atoms with Gasteiger partial charge in [-0.3, -0.25) is 9.79 Å². The van der Waals surface area contributed by atoms with Crippen LogP contribution in [0.1, 0.15) is 37.3 Å². The van der Waals surface area contributed by atoms with Gasteiger partial charge >= 0.3 is 0 Å². The Bertz CT molecular complexity index is 625. The van der Waals surface area contributed by atoms with Gasteiger partial charge in [-0.05, 0) is 37.9 Å². The molecule has 1 heterocycles. The van der Waals surface area contributed by atoms with Gasteiger partial charge in [0, 0.05) is 66.0 Å². The van der Waals surface area contributed by atoms with Crippen LogP contribution in [0, 0.1) is 0 Å². The molecular formula is C22H37N5O2. The summed E-state index contributed by atoms with van der Waals surface area (Å²) >= 11 is 0. The number of nitrogens with one attached hydrogen (secondary N) is 2. The number of methoxy groups -OCH3 is 1. The van der Waals surface area contributed by atoms with E-state index in [0.717, 1.165) is 64.7 Å². The summed E-state index contributed by atoms with van der Waals surface area (Å²) in [6.45, 7) is 8.59. The van der Waals surface area contributed by atoms with Crippen LogP contribution in [0.2, 0.25) is 0 Å². The van der Waals surface area contributed by atoms with Crippen LogP contribution in [0.25, 0.3) is 0 Å². The summed E-state index contributed by atoms with van der Waals surface area (Å²) in [7, 11) is 3.85. The van der Waals surface area contributed by atoms with E-state index < -0.39 is 0 Å². The second-order valence-electron chi connectivity index (χ2n) is 7.46. The molecule has 0 saturated carbocycles. The average Bonchev–Trinajstić information content (AvgIpc) is 3.15. The van der Waals surface area contributed by atoms with Crippen LogP contribution in [-0.2, 0) is 22.6 Å². The number of hydrogen-bond donors (Lipinski definition) is 2. The molecule has 0 radical (unpaired) electrons. The van der Waals surface area contributed by atoms with Crippen molar-refractivity contribution < 1.29 is 9.53 Å². The van der Waals surface area contributed by atoms with Gasteiger partial charge in [0.25, 0.3) is 0 Å². The zero-order valence-corrected chi connectivity index (χ0v) is 18.2. The fourth-order valence-corrected chi connectivity index (χ4v) is 3.39. The highest BCUT2D eigenvalue weighted by Crippen LogP contribution is 2.22. The molecule has 1 amide bonds. The number of hydrogen-bond acceptors (Lipinski definition) is 4. The van der Waals surface area contributed by atoms with Gasteiger partial charge in [-0.2, -0.15) is 0 Å². The third-order valence-corrected chi connectivity index (χ3v) is 5.03. The van der Waals surface area contributed by atoms with E-state index >= 15 is 0 Å². The van der Waals surface area contributed by atoms with Gasteiger partial charge in [0.2, 0.25) is 5.91 Å². The van der Waals surface area contributed by atoms with Crippen molar-refractivity contribution in [3.8, 4) is 0 Å². The Kier molecular flexibility index (Phi) is 10.5. The van der Waals surface area contributed by atoms with E-state index in [-0.39, 0.29) is 5.91 Å². The first-order valence-corrected chi connectivity index (χ1v) is 10.7. The molecule has 7 nitrogen and oxygen atoms in total. The number of likely N-dealkylation sites (N-methyl/N-ethyl adjacent to an activating group) is 1. The summed E-state index contributed by atoms with van der Waals surface area (Å²) in [5.41, 5.74) is 2.54. The average molecular weight is 404 g/mol. The Hall–Kier alpha value is -2.12. The molecule has 0 spiro atoms. The van der Waals surface area contributed by atoms with Crippen LogP contribution < -0.4 is 10.6 Å². The number of rotatable bonds is 12. The lowest BCUT2D eigenvalue weighted by Crippen LogP contribution is -2.41. The summed E-state index contributed by atoms with van der Waals surface area (Å²) in [6, 6.07) is 8.29. The van der Waals surface area contributed by atoms with Crippen molar-refractivity contribution in [1.82, 2.24) is 20.4 Å². The van der Waals surface area contributed by atoms with Crippen LogP contribution in [0.5, 0.6) is 0 Å². The Morgan fingerprint density at radius 1 is 1.17 bits per heavy atom. The Morgan fingerprint density at radius 3 is 2.55 bits per heavy atom. The number of fused-ring (bicyclic) bond motifs is 1. The summed E-state index contributed by atoms with van der Waals surface area (Å²) in [4.78, 5) is 21.3. The molecule has 0 bridgehead atoms. The maximum absolute atomic E-state index is 12.5. The molecule has 2 N–H and O–H groups in total. The maximum Gasteiger partial charge on any atom is 0.223 e. The van der Waals surface area contributed by atoms with E-state index in [0.29, 0.717) is 13.0 Å². The molecule has 0 unspecified atom stereocenters. The molecule has 1 aliphatic rings. The van der Waals surface area contributed by atoms with Crippen molar-refractivity contribution in [3.05, 3.63) is 35.4 Å². The van der Waals surface area contributed by atoms with Gasteiger partial charge in [0.15, 0.2) is 5.96 Å². The lowest BCUT2D eigenvalue weighted by atomic mass is 10.1. The Balaban J connectivity index is 1.65. The predicted octanol–water partition coefficient (Wildman–Crippen LogP) is 1.83. The molecule has 0 aromatic heterocycles. The first kappa shape index (κ1) is 23.2. The van der Waals surface area contributed by atoms with Crippen LogP contribution in [-0.4, -0.2) is 75.2 Å². The quantitative estimate of drug-likeness (QED) is 0.317. The first-order valence-electron chi connectivity index (χ1n) is 10.7. The smallest absolute Gasteiger partial charge is 0.223 e. The number of carbonyl (C=O) groups excluding carboxylic acids is 1. The fraction of sp³-hybridized carbons (Fsp3) is 0.636. The zero-order valence-electron chi connectivity index (χ0n) is 18.2. The van der Waals surface area contributed by atoms with E-state index in [1.54, 1.807) is 7.11 Å². The van der Waals surface area contributed by atoms with Gasteiger partial charge in [-0.25, -0.2) is 0 Å². The summed E-state index contributed by atoms with van der Waals surface area (Å²) in [5.74, 6) is 1.03. The summed E-state index contributed by atoms with van der Waals surface area (Å²) in [6.07, 6.45) is 2.34. The highest BCUT2D eigenvalue weighted by molar-refractivity contribution is 5.80. The minimum Gasteiger partial charge on any atom is -0.385 e. The van der Waals surface area contributed by atoms with Crippen molar-refractivity contribution >= 4 is 11.9 Å². The van der Waals surface area contributed by atoms with E-state index in [4.69, 9.17) is 4.74 Å². The van der Waals surface area contributed by atoms with Crippen molar-refractivity contribution in [1.29, 1.82) is 0 Å². The van der Waals surface area contributed by atoms with Crippen molar-refractivity contribution in [2.75, 3.05) is 53.5 Å². The number of amides is 1. The van der Waals surface area contributed by atoms with E-state index in [9.17, 15) is 4.79 Å². The largest absolute Gasteiger partial charge is 0.385 e. The molecule has 162 valence electrons. The summed E-state index contributed by atoms with van der Waals surface area (Å²) < 4.78 is 5.09. The number of guanidine groups is 1. The van der Waals surface area contributed by atoms with Crippen molar-refractivity contribution in [3.63, 3.8) is 0 Å². The van der Waals surface area contributed by atoms with Crippen molar-refractivity contribution in [2.45, 2.75) is 39.3 Å². The van der Waals surface area contributed by atoms with E-state index in [1.165, 1.54) is 11.1 Å². The van der Waals surface area contributed by atoms with Crippen molar-refractivity contribution in [2.24, 2.45) is 4.99 Å². The third-order valence-electron chi connectivity index (χ3n) is 5.03. The molecule has 0 fully saturated rings. The number of benzene rings is 1. The fourth-order valence-electron chi connectivity index (χ4n) is 3.39. The molecule has 0 saturated heterocycles. The topological polar surface area (TPSA) is 69.2 Å². The number of aliphatic imine (C=N–C) groups is 1. The Morgan fingerprint density at radius 2 is 1.90 bits per heavy atom. The summed E-state index contributed by atoms with van der Waals surface area (Å²) in [5, 5.41) is 6.64. The van der Waals surface area contributed by atoms with Crippen LogP contribution in [0.15, 0.2) is 29.3 Å². The normalized spacial score (nSPS) is 13.7. The van der Waals surface area contributed by atoms with Gasteiger partial charge in [0.05, 0.1) is 0 Å². The maximum atomic E-state index is 12.5. The Labute approximate surface area is 175 Å². The highest BCUT2D eigenvalue weighted by atomic mass is 16.5. The molecule has 2 rings (SSSR count). The van der Waals surface area contributed by atoms with Crippen LogP contribution in [0.4, 0.5) is 0 Å². The second kappa shape index (κ2) is 13.2. The van der Waals surface area contributed by atoms with Crippen LogP contribution in [0.3, 0.4) is 0 Å². The van der Waals surface area contributed by atoms with Gasteiger partial charge < -0.3 is 25.2 Å². The SMILES string of the molecule is CCNC(=NCCCC(=O)N1Cc2ccccc2C1)NCCN(C)CCCOC. The standard InChI is InChI=1S/C22H37N5O2/c1-4-23-22(25-13-15-26(2)14-8-16-29-3)24-12-7-11-21(28)27-17-19-9-5-6-10-20(19)18-27/h5-6,9-10H,4,7-8,11-18H2,1-3H3,(H2,23,24,25). The minimum absolute atomic E-state index is 0.215. The zero-order chi connectivity index (χ0) is 20.9. The molecule has 0 aliphatic carbocycles. The number of ether oxygens (including phenoxy) is 1. The monoisotopic (exact) mass is 403 g/mol. The number of carbonyl (C=O) groups is 1. The number of nitrogens with zero attached hydrogens (tertiary/aromatic N) is 3. The molecule has 29 heavy (non-hydrogen) atoms. The lowest BCUT2D eigenvalue weighted by molar-refractivity contribution is -0.131. The van der Waals surface area contributed by atoms with E-state index in [2.05, 4.69) is 46.6 Å². The minimum atomic E-state index is 0.215. The molecule has 1 aliphatic heterocycles. The van der Waals surface area contributed by atoms with Gasteiger partial charge in [-0.1, -0.05) is 24.3 Å². The van der Waals surface area contributed by atoms with Gasteiger partial charge in [-0.15, -0.1) is 0 Å². The highest BCUT2D eigenvalue weighted by Gasteiger charge is 2.22. The molecule has 7 heteroatoms. The van der Waals surface area contributed by atoms with Gasteiger partial charge in [0.1, 0.15) is 0 Å². The predicted molar refractivity (Wildman–Crippen MR) is 118 cm³/mol. The first-order chi connectivity index (χ1) is 14.1. The molecular weight excluding hydrogens is 366 g/mol. The molecule has 1 aromatic rings. The van der Waals surface area contributed by atoms with Crippen LogP contribution >= 0.6 is 0 Å². The second-order valence-corrected chi connectivity index (χ2v) is 7.46. The third kappa shape index (κ3) is 8.41. The molecule has 1 aromatic carbocycles. The van der Waals surface area contributed by atoms with E-state index in [1.807, 2.05) is 17.0 Å².